The molecule has 0 bridgehead atoms. The van der Waals surface area contributed by atoms with E-state index in [0.29, 0.717) is 0 Å². The molecule has 0 aromatic heterocycles. The van der Waals surface area contributed by atoms with E-state index in [1.807, 2.05) is 0 Å². The van der Waals surface area contributed by atoms with Gasteiger partial charge in [0.05, 0.1) is 0 Å². The molecule has 74 valence electrons. The van der Waals surface area contributed by atoms with E-state index in [-0.39, 0.29) is 0 Å². The minimum atomic E-state index is -0.683. The van der Waals surface area contributed by atoms with Gasteiger partial charge in [0.25, 0.3) is 0 Å². The van der Waals surface area contributed by atoms with E-state index in [1.54, 1.807) is 37.5 Å². The van der Waals surface area contributed by atoms with Crippen LogP contribution in [0.25, 0.3) is 0 Å². The fourth-order valence-corrected chi connectivity index (χ4v) is 8.61. The summed E-state index contributed by atoms with van der Waals surface area (Å²) < 4.78 is 0. The Morgan fingerprint density at radius 1 is 0.833 bits per heavy atom. The standard InChI is InChI=1S/C11H25P/c1-3-8-12(9-4-2)10-6-5-7-11-12/h12H,3-11H2,1-2H3. The van der Waals surface area contributed by atoms with Crippen LogP contribution in [0.3, 0.4) is 0 Å². The molecule has 0 radical (unpaired) electrons. The summed E-state index contributed by atoms with van der Waals surface area (Å²) in [7, 11) is -0.683. The quantitative estimate of drug-likeness (QED) is 0.589. The van der Waals surface area contributed by atoms with Gasteiger partial charge in [0.1, 0.15) is 0 Å². The summed E-state index contributed by atoms with van der Waals surface area (Å²) in [6.45, 7) is 4.75. The maximum absolute atomic E-state index is 2.37. The fourth-order valence-electron chi connectivity index (χ4n) is 2.99. The van der Waals surface area contributed by atoms with Crippen LogP contribution in [-0.2, 0) is 0 Å². The Balaban J connectivity index is 2.44. The molecule has 0 saturated carbocycles. The molecule has 0 aromatic carbocycles. The molecular weight excluding hydrogens is 163 g/mol. The van der Waals surface area contributed by atoms with Crippen LogP contribution in [0.5, 0.6) is 0 Å². The Labute approximate surface area is 78.5 Å². The third-order valence-electron chi connectivity index (χ3n) is 3.47. The first-order valence-electron chi connectivity index (χ1n) is 5.83. The summed E-state index contributed by atoms with van der Waals surface area (Å²) in [4.78, 5) is 0. The molecule has 0 atom stereocenters. The van der Waals surface area contributed by atoms with Gasteiger partial charge in [-0.2, -0.15) is 0 Å². The van der Waals surface area contributed by atoms with Gasteiger partial charge in [0, 0.05) is 0 Å². The summed E-state index contributed by atoms with van der Waals surface area (Å²) >= 11 is 0. The van der Waals surface area contributed by atoms with Crippen LogP contribution in [0.4, 0.5) is 0 Å². The predicted octanol–water partition coefficient (Wildman–Crippen LogP) is 3.74. The van der Waals surface area contributed by atoms with Crippen LogP contribution in [0.2, 0.25) is 0 Å². The monoisotopic (exact) mass is 188 g/mol. The summed E-state index contributed by atoms with van der Waals surface area (Å²) in [6.07, 6.45) is 14.1. The molecule has 1 saturated heterocycles. The first-order chi connectivity index (χ1) is 5.83. The number of hydrogen-bond donors (Lipinski definition) is 0. The molecule has 0 aliphatic carbocycles. The Hall–Kier alpha value is 0.430. The predicted molar refractivity (Wildman–Crippen MR) is 62.2 cm³/mol. The zero-order valence-electron chi connectivity index (χ0n) is 8.86. The molecule has 0 amide bonds. The topological polar surface area (TPSA) is 0 Å². The van der Waals surface area contributed by atoms with Crippen molar-refractivity contribution < 1.29 is 0 Å². The number of rotatable bonds is 4. The van der Waals surface area contributed by atoms with Crippen LogP contribution in [-0.4, -0.2) is 24.6 Å². The van der Waals surface area contributed by atoms with Crippen LogP contribution < -0.4 is 0 Å². The van der Waals surface area contributed by atoms with E-state index in [0.717, 1.165) is 0 Å². The molecule has 0 unspecified atom stereocenters. The average molecular weight is 188 g/mol. The van der Waals surface area contributed by atoms with Gasteiger partial charge < -0.3 is 0 Å². The summed E-state index contributed by atoms with van der Waals surface area (Å²) in [5.74, 6) is 0. The van der Waals surface area contributed by atoms with Crippen molar-refractivity contribution >= 4 is 7.26 Å². The van der Waals surface area contributed by atoms with Crippen molar-refractivity contribution in [3.05, 3.63) is 0 Å². The van der Waals surface area contributed by atoms with Gasteiger partial charge in [-0.05, 0) is 0 Å². The molecule has 1 heterocycles. The van der Waals surface area contributed by atoms with Crippen LogP contribution in [0.1, 0.15) is 46.0 Å². The molecule has 1 fully saturated rings. The second-order valence-electron chi connectivity index (χ2n) is 4.56. The van der Waals surface area contributed by atoms with Crippen molar-refractivity contribution in [2.24, 2.45) is 0 Å². The minimum absolute atomic E-state index is 0.683. The Morgan fingerprint density at radius 2 is 1.33 bits per heavy atom. The maximum atomic E-state index is 2.37. The van der Waals surface area contributed by atoms with Crippen molar-refractivity contribution in [1.29, 1.82) is 0 Å². The summed E-state index contributed by atoms with van der Waals surface area (Å²) in [6, 6.07) is 0. The van der Waals surface area contributed by atoms with E-state index >= 15 is 0 Å². The van der Waals surface area contributed by atoms with Crippen LogP contribution in [0.15, 0.2) is 0 Å². The molecule has 0 N–H and O–H groups in total. The zero-order valence-corrected chi connectivity index (χ0v) is 9.86. The third kappa shape index (κ3) is 2.73. The van der Waals surface area contributed by atoms with E-state index in [9.17, 15) is 0 Å². The van der Waals surface area contributed by atoms with Crippen molar-refractivity contribution in [2.45, 2.75) is 46.0 Å². The van der Waals surface area contributed by atoms with Crippen LogP contribution >= 0.6 is 7.26 Å². The van der Waals surface area contributed by atoms with Crippen molar-refractivity contribution in [3.8, 4) is 0 Å². The molecule has 1 heteroatoms. The summed E-state index contributed by atoms with van der Waals surface area (Å²) in [5, 5.41) is 0. The van der Waals surface area contributed by atoms with E-state index in [2.05, 4.69) is 13.8 Å². The van der Waals surface area contributed by atoms with Crippen LogP contribution in [0, 0.1) is 0 Å². The summed E-state index contributed by atoms with van der Waals surface area (Å²) in [5.41, 5.74) is 0. The molecule has 1 aliphatic heterocycles. The first-order valence-corrected chi connectivity index (χ1v) is 8.66. The molecule has 1 aliphatic rings. The second kappa shape index (κ2) is 5.22. The second-order valence-corrected chi connectivity index (χ2v) is 9.56. The zero-order chi connectivity index (χ0) is 8.86. The molecule has 1 rings (SSSR count). The Morgan fingerprint density at radius 3 is 1.75 bits per heavy atom. The van der Waals surface area contributed by atoms with Gasteiger partial charge in [-0.3, -0.25) is 0 Å². The van der Waals surface area contributed by atoms with Gasteiger partial charge in [-0.25, -0.2) is 0 Å². The molecule has 12 heavy (non-hydrogen) atoms. The molecule has 0 aromatic rings. The van der Waals surface area contributed by atoms with Crippen molar-refractivity contribution in [2.75, 3.05) is 24.6 Å². The van der Waals surface area contributed by atoms with Gasteiger partial charge in [-0.1, -0.05) is 0 Å². The van der Waals surface area contributed by atoms with Gasteiger partial charge in [0.15, 0.2) is 0 Å². The fraction of sp³-hybridized carbons (Fsp3) is 1.00. The van der Waals surface area contributed by atoms with E-state index < -0.39 is 7.26 Å². The Bertz CT molecular complexity index is 98.7. The molecule has 0 spiro atoms. The average Bonchev–Trinajstić information content (AvgIpc) is 2.07. The first kappa shape index (κ1) is 10.5. The number of hydrogen-bond acceptors (Lipinski definition) is 0. The van der Waals surface area contributed by atoms with E-state index in [1.165, 1.54) is 19.3 Å². The molecular formula is C11H25P. The van der Waals surface area contributed by atoms with Gasteiger partial charge in [0.2, 0.25) is 0 Å². The van der Waals surface area contributed by atoms with Crippen molar-refractivity contribution in [1.82, 2.24) is 0 Å². The van der Waals surface area contributed by atoms with Crippen molar-refractivity contribution in [3.63, 3.8) is 0 Å². The van der Waals surface area contributed by atoms with Gasteiger partial charge in [-0.15, -0.1) is 0 Å². The van der Waals surface area contributed by atoms with E-state index in [4.69, 9.17) is 0 Å². The molecule has 0 nitrogen and oxygen atoms in total. The normalized spacial score (nSPS) is 25.2. The Kier molecular flexibility index (Phi) is 4.57. The third-order valence-corrected chi connectivity index (χ3v) is 9.42. The SMILES string of the molecule is CCC[PH]1(CCC)CCCCC1. The van der Waals surface area contributed by atoms with Gasteiger partial charge >= 0.3 is 77.9 Å².